The lowest BCUT2D eigenvalue weighted by molar-refractivity contribution is 0.264. The molecule has 8 heteroatoms. The molecular weight excluding hydrogens is 323 g/mol. The Labute approximate surface area is 128 Å². The second kappa shape index (κ2) is 6.58. The zero-order chi connectivity index (χ0) is 14.8. The minimum absolute atomic E-state index is 0.0581. The van der Waals surface area contributed by atoms with Gasteiger partial charge in [-0.2, -0.15) is 4.31 Å². The Morgan fingerprint density at radius 2 is 2.20 bits per heavy atom. The summed E-state index contributed by atoms with van der Waals surface area (Å²) in [5.74, 6) is 0. The second-order valence-corrected chi connectivity index (χ2v) is 7.38. The van der Waals surface area contributed by atoms with E-state index >= 15 is 0 Å². The molecule has 1 aromatic heterocycles. The van der Waals surface area contributed by atoms with Crippen LogP contribution in [0, 0.1) is 0 Å². The first-order valence-corrected chi connectivity index (χ1v) is 8.60. The van der Waals surface area contributed by atoms with Gasteiger partial charge in [0.25, 0.3) is 0 Å². The summed E-state index contributed by atoms with van der Waals surface area (Å²) in [4.78, 5) is 3.85. The van der Waals surface area contributed by atoms with Gasteiger partial charge in [0.1, 0.15) is 10.0 Å². The zero-order valence-electron chi connectivity index (χ0n) is 10.8. The maximum atomic E-state index is 12.6. The molecule has 1 saturated heterocycles. The Hall–Kier alpha value is -0.400. The molecule has 20 heavy (non-hydrogen) atoms. The topological polar surface area (TPSA) is 70.5 Å². The van der Waals surface area contributed by atoms with E-state index in [-0.39, 0.29) is 27.7 Å². The van der Waals surface area contributed by atoms with E-state index < -0.39 is 10.0 Å². The number of nitrogens with zero attached hydrogens (tertiary/aromatic N) is 2. The third-order valence-corrected chi connectivity index (χ3v) is 6.00. The molecule has 1 aliphatic rings. The van der Waals surface area contributed by atoms with Gasteiger partial charge in [0.05, 0.1) is 5.02 Å². The molecule has 0 aliphatic carbocycles. The number of aliphatic hydroxyl groups is 1. The molecule has 1 aliphatic heterocycles. The van der Waals surface area contributed by atoms with Crippen LogP contribution in [0.25, 0.3) is 0 Å². The lowest BCUT2D eigenvalue weighted by Gasteiger charge is -2.23. The predicted octanol–water partition coefficient (Wildman–Crippen LogP) is 2.31. The van der Waals surface area contributed by atoms with E-state index in [0.717, 1.165) is 12.8 Å². The number of hydrogen-bond donors (Lipinski definition) is 1. The Kier molecular flexibility index (Phi) is 5.25. The minimum atomic E-state index is -3.61. The van der Waals surface area contributed by atoms with Crippen molar-refractivity contribution in [1.29, 1.82) is 0 Å². The van der Waals surface area contributed by atoms with Gasteiger partial charge < -0.3 is 5.11 Å². The van der Waals surface area contributed by atoms with Crippen molar-refractivity contribution in [1.82, 2.24) is 9.29 Å². The highest BCUT2D eigenvalue weighted by molar-refractivity contribution is 7.89. The molecule has 2 rings (SSSR count). The van der Waals surface area contributed by atoms with Gasteiger partial charge in [-0.25, -0.2) is 13.4 Å². The number of sulfonamides is 1. The van der Waals surface area contributed by atoms with Crippen LogP contribution < -0.4 is 0 Å². The molecule has 0 saturated carbocycles. The van der Waals surface area contributed by atoms with E-state index in [1.54, 1.807) is 0 Å². The number of rotatable bonds is 5. The first-order chi connectivity index (χ1) is 9.46. The van der Waals surface area contributed by atoms with Gasteiger partial charge >= 0.3 is 0 Å². The van der Waals surface area contributed by atoms with Gasteiger partial charge in [-0.05, 0) is 31.7 Å². The molecule has 1 aromatic rings. The third-order valence-electron chi connectivity index (χ3n) is 3.40. The quantitative estimate of drug-likeness (QED) is 0.836. The molecule has 112 valence electrons. The number of hydrogen-bond acceptors (Lipinski definition) is 4. The molecule has 1 atom stereocenters. The summed E-state index contributed by atoms with van der Waals surface area (Å²) in [5, 5.41) is 9.10. The minimum Gasteiger partial charge on any atom is -0.396 e. The fraction of sp³-hybridized carbons (Fsp3) is 0.583. The summed E-state index contributed by atoms with van der Waals surface area (Å²) >= 11 is 11.5. The average Bonchev–Trinajstić information content (AvgIpc) is 2.88. The summed E-state index contributed by atoms with van der Waals surface area (Å²) in [7, 11) is -3.61. The lowest BCUT2D eigenvalue weighted by atomic mass is 10.1. The van der Waals surface area contributed by atoms with Crippen molar-refractivity contribution in [3.63, 3.8) is 0 Å². The van der Waals surface area contributed by atoms with E-state index in [1.807, 2.05) is 0 Å². The Balaban J connectivity index is 2.26. The van der Waals surface area contributed by atoms with Crippen LogP contribution in [0.1, 0.15) is 25.7 Å². The highest BCUT2D eigenvalue weighted by Gasteiger charge is 2.35. The van der Waals surface area contributed by atoms with Crippen LogP contribution in [0.4, 0.5) is 0 Å². The molecule has 1 N–H and O–H groups in total. The van der Waals surface area contributed by atoms with Crippen LogP contribution in [-0.2, 0) is 10.0 Å². The van der Waals surface area contributed by atoms with Crippen molar-refractivity contribution in [3.8, 4) is 0 Å². The summed E-state index contributed by atoms with van der Waals surface area (Å²) in [6, 6.07) is 1.26. The molecule has 1 fully saturated rings. The van der Waals surface area contributed by atoms with Crippen molar-refractivity contribution in [2.75, 3.05) is 13.2 Å². The molecule has 0 bridgehead atoms. The summed E-state index contributed by atoms with van der Waals surface area (Å²) in [6.07, 6.45) is 4.11. The summed E-state index contributed by atoms with van der Waals surface area (Å²) in [6.45, 7) is 0.553. The van der Waals surface area contributed by atoms with Crippen molar-refractivity contribution in [3.05, 3.63) is 22.4 Å². The van der Waals surface area contributed by atoms with Crippen LogP contribution in [0.15, 0.2) is 17.2 Å². The van der Waals surface area contributed by atoms with Gasteiger partial charge in [-0.3, -0.25) is 0 Å². The SMILES string of the molecule is O=S(=O)(c1cnc(Cl)c(Cl)c1)N1CCCC1CCCO. The second-order valence-electron chi connectivity index (χ2n) is 4.72. The van der Waals surface area contributed by atoms with E-state index in [4.69, 9.17) is 28.3 Å². The smallest absolute Gasteiger partial charge is 0.244 e. The van der Waals surface area contributed by atoms with Gasteiger partial charge in [0.15, 0.2) is 0 Å². The highest BCUT2D eigenvalue weighted by Crippen LogP contribution is 2.30. The molecule has 0 aromatic carbocycles. The summed E-state index contributed by atoms with van der Waals surface area (Å²) in [5.41, 5.74) is 0. The average molecular weight is 339 g/mol. The third kappa shape index (κ3) is 3.26. The molecule has 0 radical (unpaired) electrons. The summed E-state index contributed by atoms with van der Waals surface area (Å²) < 4.78 is 26.7. The van der Waals surface area contributed by atoms with Crippen LogP contribution in [-0.4, -0.2) is 42.0 Å². The van der Waals surface area contributed by atoms with E-state index in [2.05, 4.69) is 4.98 Å². The van der Waals surface area contributed by atoms with Gasteiger partial charge in [-0.15, -0.1) is 0 Å². The van der Waals surface area contributed by atoms with E-state index in [9.17, 15) is 8.42 Å². The fourth-order valence-electron chi connectivity index (χ4n) is 2.42. The predicted molar refractivity (Wildman–Crippen MR) is 77.5 cm³/mol. The molecule has 0 spiro atoms. The van der Waals surface area contributed by atoms with Crippen molar-refractivity contribution < 1.29 is 13.5 Å². The van der Waals surface area contributed by atoms with E-state index in [1.165, 1.54) is 16.6 Å². The maximum absolute atomic E-state index is 12.6. The molecule has 2 heterocycles. The molecule has 1 unspecified atom stereocenters. The van der Waals surface area contributed by atoms with E-state index in [0.29, 0.717) is 19.4 Å². The van der Waals surface area contributed by atoms with Crippen LogP contribution in [0.5, 0.6) is 0 Å². The molecule has 5 nitrogen and oxygen atoms in total. The molecular formula is C12H16Cl2N2O3S. The van der Waals surface area contributed by atoms with Gasteiger partial charge in [-0.1, -0.05) is 23.2 Å². The fourth-order valence-corrected chi connectivity index (χ4v) is 4.45. The number of aromatic nitrogens is 1. The Morgan fingerprint density at radius 1 is 1.45 bits per heavy atom. The number of aliphatic hydroxyl groups excluding tert-OH is 1. The van der Waals surface area contributed by atoms with Gasteiger partial charge in [0.2, 0.25) is 10.0 Å². The largest absolute Gasteiger partial charge is 0.396 e. The van der Waals surface area contributed by atoms with Crippen LogP contribution in [0.2, 0.25) is 10.2 Å². The Morgan fingerprint density at radius 3 is 2.85 bits per heavy atom. The lowest BCUT2D eigenvalue weighted by Crippen LogP contribution is -2.35. The standard InChI is InChI=1S/C12H16Cl2N2O3S/c13-11-7-10(8-15-12(11)14)20(18,19)16-5-1-3-9(16)4-2-6-17/h7-9,17H,1-6H2. The number of pyridine rings is 1. The zero-order valence-corrected chi connectivity index (χ0v) is 13.1. The number of halogens is 2. The maximum Gasteiger partial charge on any atom is 0.244 e. The van der Waals surface area contributed by atoms with Crippen molar-refractivity contribution >= 4 is 33.2 Å². The molecule has 0 amide bonds. The van der Waals surface area contributed by atoms with Crippen molar-refractivity contribution in [2.45, 2.75) is 36.6 Å². The van der Waals surface area contributed by atoms with Crippen LogP contribution >= 0.6 is 23.2 Å². The Bertz CT molecular complexity index is 580. The van der Waals surface area contributed by atoms with Crippen LogP contribution in [0.3, 0.4) is 0 Å². The van der Waals surface area contributed by atoms with Crippen molar-refractivity contribution in [2.24, 2.45) is 0 Å². The first-order valence-electron chi connectivity index (χ1n) is 6.40. The normalized spacial score (nSPS) is 20.4. The first kappa shape index (κ1) is 16.0. The van der Waals surface area contributed by atoms with Gasteiger partial charge in [0, 0.05) is 25.4 Å². The highest BCUT2D eigenvalue weighted by atomic mass is 35.5. The monoisotopic (exact) mass is 338 g/mol.